The summed E-state index contributed by atoms with van der Waals surface area (Å²) < 4.78 is 2.39. The fourth-order valence-corrected chi connectivity index (χ4v) is 2.36. The molecule has 2 rings (SSSR count). The summed E-state index contributed by atoms with van der Waals surface area (Å²) >= 11 is 9.99. The Kier molecular flexibility index (Phi) is 10.8. The highest BCUT2D eigenvalue weighted by atomic mass is 79.9. The van der Waals surface area contributed by atoms with E-state index < -0.39 is 12.6 Å². The van der Waals surface area contributed by atoms with Gasteiger partial charge in [-0.2, -0.15) is 0 Å². The Hall–Kier alpha value is -0.210. The van der Waals surface area contributed by atoms with Crippen LogP contribution in [0.1, 0.15) is 0 Å². The number of aliphatic hydroxyl groups is 1. The number of hydrogen-bond acceptors (Lipinski definition) is 4. The molecule has 2 heterocycles. The normalized spacial score (nSPS) is 8.41. The van der Waals surface area contributed by atoms with Crippen LogP contribution in [-0.4, -0.2) is 22.8 Å². The largest absolute Gasteiger partial charge is 0.480 e. The van der Waals surface area contributed by atoms with E-state index in [2.05, 4.69) is 31.9 Å². The smallest absolute Gasteiger partial charge is 0.329 e. The van der Waals surface area contributed by atoms with Gasteiger partial charge in [0.25, 0.3) is 0 Å². The van der Waals surface area contributed by atoms with Gasteiger partial charge in [-0.1, -0.05) is 12.1 Å². The lowest BCUT2D eigenvalue weighted by molar-refractivity contribution is -0.140. The van der Waals surface area contributed by atoms with E-state index in [4.69, 9.17) is 15.0 Å². The van der Waals surface area contributed by atoms with Gasteiger partial charge in [0.2, 0.25) is 0 Å². The van der Waals surface area contributed by atoms with Crippen LogP contribution in [0.4, 0.5) is 0 Å². The van der Waals surface area contributed by atoms with Crippen molar-refractivity contribution in [1.82, 2.24) is 0 Å². The van der Waals surface area contributed by atoms with Gasteiger partial charge in [-0.3, -0.25) is 0 Å². The van der Waals surface area contributed by atoms with Crippen molar-refractivity contribution in [3.8, 4) is 0 Å². The van der Waals surface area contributed by atoms with Crippen molar-refractivity contribution in [2.45, 2.75) is 0 Å². The molecule has 0 radical (unpaired) electrons. The van der Waals surface area contributed by atoms with Gasteiger partial charge in [0.15, 0.2) is 0 Å². The number of carboxylic acid groups (broad SMARTS) is 1. The Morgan fingerprint density at radius 3 is 1.53 bits per heavy atom. The molecule has 94 valence electrons. The van der Waals surface area contributed by atoms with E-state index in [0.29, 0.717) is 0 Å². The van der Waals surface area contributed by atoms with Gasteiger partial charge in [0, 0.05) is 0 Å². The summed E-state index contributed by atoms with van der Waals surface area (Å²) in [6, 6.07) is 8.05. The third-order valence-electron chi connectivity index (χ3n) is 1.11. The first kappa shape index (κ1) is 16.8. The average Bonchev–Trinajstić information content (AvgIpc) is 2.93. The van der Waals surface area contributed by atoms with Gasteiger partial charge in [0.05, 0.1) is 7.57 Å². The minimum atomic E-state index is -1.19. The maximum absolute atomic E-state index is 9.12. The predicted octanol–water partition coefficient (Wildman–Crippen LogP) is 4.08. The van der Waals surface area contributed by atoms with E-state index in [1.54, 1.807) is 22.7 Å². The van der Waals surface area contributed by atoms with Gasteiger partial charge in [0.1, 0.15) is 6.61 Å². The summed E-state index contributed by atoms with van der Waals surface area (Å²) in [7, 11) is 0. The first-order valence-corrected chi connectivity index (χ1v) is 7.61. The van der Waals surface area contributed by atoms with E-state index in [0.717, 1.165) is 0 Å². The number of carboxylic acids is 1. The van der Waals surface area contributed by atoms with Crippen LogP contribution in [0.15, 0.2) is 42.6 Å². The molecule has 0 saturated carbocycles. The molecule has 0 atom stereocenters. The minimum absolute atomic E-state index is 0.778. The summed E-state index contributed by atoms with van der Waals surface area (Å²) in [6.45, 7) is -0.778. The number of halogens is 2. The molecule has 0 bridgehead atoms. The fourth-order valence-electron chi connectivity index (χ4n) is 0.517. The van der Waals surface area contributed by atoms with Crippen LogP contribution in [0.3, 0.4) is 0 Å². The molecule has 0 fully saturated rings. The van der Waals surface area contributed by atoms with Crippen LogP contribution in [0.25, 0.3) is 0 Å². The van der Waals surface area contributed by atoms with Crippen LogP contribution in [0, 0.1) is 0 Å². The Morgan fingerprint density at radius 1 is 1.12 bits per heavy atom. The second kappa shape index (κ2) is 10.9. The van der Waals surface area contributed by atoms with Gasteiger partial charge in [-0.15, -0.1) is 22.7 Å². The monoisotopic (exact) mass is 400 g/mol. The number of aliphatic hydroxyl groups excluding tert-OH is 1. The highest BCUT2D eigenvalue weighted by Crippen LogP contribution is 2.15. The van der Waals surface area contributed by atoms with E-state index in [9.17, 15) is 0 Å². The Labute approximate surface area is 124 Å². The number of carbonyl (C=O) groups is 1. The molecular weight excluding hydrogens is 392 g/mol. The summed E-state index contributed by atoms with van der Waals surface area (Å²) in [5.41, 5.74) is 0. The molecule has 0 spiro atoms. The predicted molar refractivity (Wildman–Crippen MR) is 78.8 cm³/mol. The summed E-state index contributed by atoms with van der Waals surface area (Å²) in [6.07, 6.45) is 0. The van der Waals surface area contributed by atoms with Crippen LogP contribution < -0.4 is 0 Å². The molecule has 0 amide bonds. The molecule has 2 aromatic rings. The molecule has 3 nitrogen and oxygen atoms in total. The van der Waals surface area contributed by atoms with Crippen molar-refractivity contribution in [2.75, 3.05) is 6.61 Å². The van der Waals surface area contributed by atoms with Crippen LogP contribution >= 0.6 is 54.5 Å². The van der Waals surface area contributed by atoms with Crippen molar-refractivity contribution in [3.05, 3.63) is 42.6 Å². The molecule has 0 saturated heterocycles. The Bertz CT molecular complexity index is 355. The van der Waals surface area contributed by atoms with E-state index in [-0.39, 0.29) is 0 Å². The molecular formula is C10H10Br2O3S2. The van der Waals surface area contributed by atoms with Crippen molar-refractivity contribution in [1.29, 1.82) is 0 Å². The summed E-state index contributed by atoms with van der Waals surface area (Å²) in [5, 5.41) is 19.1. The molecule has 0 aromatic carbocycles. The zero-order valence-electron chi connectivity index (χ0n) is 8.55. The van der Waals surface area contributed by atoms with Crippen molar-refractivity contribution in [3.63, 3.8) is 0 Å². The van der Waals surface area contributed by atoms with Crippen molar-refractivity contribution >= 4 is 60.5 Å². The zero-order valence-corrected chi connectivity index (χ0v) is 13.4. The fraction of sp³-hybridized carbons (Fsp3) is 0.100. The molecule has 2 N–H and O–H groups in total. The van der Waals surface area contributed by atoms with Crippen LogP contribution in [-0.2, 0) is 4.79 Å². The van der Waals surface area contributed by atoms with Crippen molar-refractivity contribution in [2.24, 2.45) is 0 Å². The Morgan fingerprint density at radius 2 is 1.47 bits per heavy atom. The van der Waals surface area contributed by atoms with Gasteiger partial charge in [-0.25, -0.2) is 4.79 Å². The van der Waals surface area contributed by atoms with Gasteiger partial charge < -0.3 is 10.2 Å². The highest BCUT2D eigenvalue weighted by Gasteiger charge is 1.82. The standard InChI is InChI=1S/2C4H3BrS.C2H4O3/c2*5-4-2-1-3-6-4;3-1-2(4)5/h2*1-3H;3H,1H2,(H,4,5). The maximum Gasteiger partial charge on any atom is 0.329 e. The first-order chi connectivity index (χ1) is 8.06. The second-order valence-electron chi connectivity index (χ2n) is 2.39. The topological polar surface area (TPSA) is 57.5 Å². The number of rotatable bonds is 1. The molecule has 0 aliphatic rings. The molecule has 17 heavy (non-hydrogen) atoms. The molecule has 0 aliphatic carbocycles. The zero-order chi connectivity index (χ0) is 13.1. The molecule has 0 unspecified atom stereocenters. The molecule has 2 aromatic heterocycles. The SMILES string of the molecule is Brc1cccs1.Brc1cccs1.O=C(O)CO. The average molecular weight is 402 g/mol. The Balaban J connectivity index is 0.000000228. The molecule has 7 heteroatoms. The second-order valence-corrected chi connectivity index (χ2v) is 7.04. The number of hydrogen-bond donors (Lipinski definition) is 2. The lowest BCUT2D eigenvalue weighted by atomic mass is 10.7. The lowest BCUT2D eigenvalue weighted by Crippen LogP contribution is -1.98. The molecule has 0 aliphatic heterocycles. The quantitative estimate of drug-likeness (QED) is 0.756. The third-order valence-corrected chi connectivity index (χ3v) is 4.07. The van der Waals surface area contributed by atoms with E-state index >= 15 is 0 Å². The van der Waals surface area contributed by atoms with Gasteiger partial charge in [-0.05, 0) is 54.8 Å². The number of aliphatic carboxylic acids is 1. The van der Waals surface area contributed by atoms with Crippen LogP contribution in [0.5, 0.6) is 0 Å². The number of thiophene rings is 2. The summed E-state index contributed by atoms with van der Waals surface area (Å²) in [4.78, 5) is 9.12. The summed E-state index contributed by atoms with van der Waals surface area (Å²) in [5.74, 6) is -1.19. The third kappa shape index (κ3) is 12.0. The maximum atomic E-state index is 9.12. The van der Waals surface area contributed by atoms with Crippen LogP contribution in [0.2, 0.25) is 0 Å². The van der Waals surface area contributed by atoms with E-state index in [1.807, 2.05) is 35.0 Å². The van der Waals surface area contributed by atoms with E-state index in [1.165, 1.54) is 7.57 Å². The van der Waals surface area contributed by atoms with Crippen molar-refractivity contribution < 1.29 is 15.0 Å². The first-order valence-electron chi connectivity index (χ1n) is 4.27. The highest BCUT2D eigenvalue weighted by molar-refractivity contribution is 9.11. The minimum Gasteiger partial charge on any atom is -0.480 e. The van der Waals surface area contributed by atoms with Gasteiger partial charge >= 0.3 is 5.97 Å². The lowest BCUT2D eigenvalue weighted by Gasteiger charge is -1.72.